The Morgan fingerprint density at radius 1 is 1.04 bits per heavy atom. The molecule has 1 aliphatic heterocycles. The van der Waals surface area contributed by atoms with E-state index in [0.717, 1.165) is 62.2 Å². The quantitative estimate of drug-likeness (QED) is 0.547. The number of piperazine rings is 1. The Bertz CT molecular complexity index is 685. The molecule has 1 saturated heterocycles. The molecule has 26 heavy (non-hydrogen) atoms. The highest BCUT2D eigenvalue weighted by atomic mass is 32.2. The number of anilines is 1. The van der Waals surface area contributed by atoms with E-state index in [4.69, 9.17) is 0 Å². The molecule has 6 nitrogen and oxygen atoms in total. The zero-order chi connectivity index (χ0) is 18.4. The van der Waals surface area contributed by atoms with Crippen molar-refractivity contribution in [2.75, 3.05) is 31.1 Å². The van der Waals surface area contributed by atoms with Gasteiger partial charge in [-0.15, -0.1) is 0 Å². The summed E-state index contributed by atoms with van der Waals surface area (Å²) in [6.45, 7) is 11.5. The summed E-state index contributed by atoms with van der Waals surface area (Å²) >= 11 is 1.74. The molecule has 3 rings (SSSR count). The van der Waals surface area contributed by atoms with Gasteiger partial charge in [-0.2, -0.15) is 0 Å². The van der Waals surface area contributed by atoms with Crippen LogP contribution in [0, 0.1) is 0 Å². The van der Waals surface area contributed by atoms with E-state index in [1.165, 1.54) is 5.56 Å². The maximum atomic E-state index is 4.51. The van der Waals surface area contributed by atoms with Crippen LogP contribution in [0.1, 0.15) is 38.4 Å². The molecule has 1 aliphatic rings. The Labute approximate surface area is 160 Å². The van der Waals surface area contributed by atoms with Gasteiger partial charge in [-0.25, -0.2) is 19.9 Å². The number of thioether (sulfide) groups is 1. The van der Waals surface area contributed by atoms with Gasteiger partial charge >= 0.3 is 0 Å². The van der Waals surface area contributed by atoms with Crippen LogP contribution in [0.25, 0.3) is 0 Å². The lowest BCUT2D eigenvalue weighted by atomic mass is 10.2. The van der Waals surface area contributed by atoms with Gasteiger partial charge in [0.2, 0.25) is 0 Å². The summed E-state index contributed by atoms with van der Waals surface area (Å²) in [5.74, 6) is 1.05. The highest BCUT2D eigenvalue weighted by molar-refractivity contribution is 7.99. The van der Waals surface area contributed by atoms with Crippen LogP contribution in [-0.4, -0.2) is 56.3 Å². The van der Waals surface area contributed by atoms with Gasteiger partial charge < -0.3 is 4.90 Å². The van der Waals surface area contributed by atoms with Crippen molar-refractivity contribution in [2.24, 2.45) is 0 Å². The SMILES string of the molecule is CCc1cc(N2CCN(Cc3cnc(SC(C)CC)nc3)CC2)ncn1. The van der Waals surface area contributed by atoms with Crippen molar-refractivity contribution in [3.05, 3.63) is 36.0 Å². The van der Waals surface area contributed by atoms with Gasteiger partial charge in [-0.1, -0.05) is 32.5 Å². The Morgan fingerprint density at radius 3 is 2.42 bits per heavy atom. The van der Waals surface area contributed by atoms with Crippen LogP contribution in [0.15, 0.2) is 29.9 Å². The van der Waals surface area contributed by atoms with Crippen molar-refractivity contribution in [3.63, 3.8) is 0 Å². The van der Waals surface area contributed by atoms with Gasteiger partial charge in [0.05, 0.1) is 0 Å². The van der Waals surface area contributed by atoms with E-state index >= 15 is 0 Å². The smallest absolute Gasteiger partial charge is 0.187 e. The maximum absolute atomic E-state index is 4.51. The fraction of sp³-hybridized carbons (Fsp3) is 0.579. The Kier molecular flexibility index (Phi) is 6.80. The third-order valence-electron chi connectivity index (χ3n) is 4.74. The molecule has 7 heteroatoms. The lowest BCUT2D eigenvalue weighted by Gasteiger charge is -2.35. The molecular formula is C19H28N6S. The summed E-state index contributed by atoms with van der Waals surface area (Å²) in [5.41, 5.74) is 2.28. The fourth-order valence-corrected chi connectivity index (χ4v) is 3.65. The van der Waals surface area contributed by atoms with Gasteiger partial charge in [0.15, 0.2) is 5.16 Å². The topological polar surface area (TPSA) is 58.0 Å². The van der Waals surface area contributed by atoms with E-state index in [0.29, 0.717) is 5.25 Å². The number of nitrogens with zero attached hydrogens (tertiary/aromatic N) is 6. The predicted octanol–water partition coefficient (Wildman–Crippen LogP) is 3.04. The van der Waals surface area contributed by atoms with Crippen molar-refractivity contribution in [3.8, 4) is 0 Å². The molecule has 1 fully saturated rings. The summed E-state index contributed by atoms with van der Waals surface area (Å²) in [7, 11) is 0. The molecule has 0 radical (unpaired) electrons. The summed E-state index contributed by atoms with van der Waals surface area (Å²) in [6, 6.07) is 2.11. The molecule has 0 N–H and O–H groups in total. The molecule has 0 spiro atoms. The van der Waals surface area contributed by atoms with E-state index < -0.39 is 0 Å². The Hall–Kier alpha value is -1.73. The standard InChI is InChI=1S/C19H28N6S/c1-4-15(3)26-19-20-11-16(12-21-19)13-24-6-8-25(9-7-24)18-10-17(5-2)22-14-23-18/h10-12,14-15H,4-9,13H2,1-3H3. The molecule has 1 atom stereocenters. The average Bonchev–Trinajstić information content (AvgIpc) is 2.70. The molecular weight excluding hydrogens is 344 g/mol. The molecule has 2 aromatic rings. The highest BCUT2D eigenvalue weighted by Crippen LogP contribution is 2.21. The van der Waals surface area contributed by atoms with Crippen LogP contribution in [-0.2, 0) is 13.0 Å². The van der Waals surface area contributed by atoms with E-state index in [1.54, 1.807) is 18.1 Å². The van der Waals surface area contributed by atoms with Crippen LogP contribution in [0.2, 0.25) is 0 Å². The normalized spacial score (nSPS) is 16.7. The first-order valence-electron chi connectivity index (χ1n) is 9.43. The van der Waals surface area contributed by atoms with Gasteiger partial charge in [-0.05, 0) is 12.8 Å². The van der Waals surface area contributed by atoms with E-state index in [-0.39, 0.29) is 0 Å². The molecule has 140 valence electrons. The minimum atomic E-state index is 0.559. The highest BCUT2D eigenvalue weighted by Gasteiger charge is 2.18. The van der Waals surface area contributed by atoms with Gasteiger partial charge in [0, 0.05) is 67.7 Å². The predicted molar refractivity (Wildman–Crippen MR) is 107 cm³/mol. The first-order chi connectivity index (χ1) is 12.7. The molecule has 0 aromatic carbocycles. The van der Waals surface area contributed by atoms with Gasteiger partial charge in [0.1, 0.15) is 12.1 Å². The van der Waals surface area contributed by atoms with Crippen molar-refractivity contribution in [1.82, 2.24) is 24.8 Å². The van der Waals surface area contributed by atoms with Gasteiger partial charge in [0.25, 0.3) is 0 Å². The molecule has 0 saturated carbocycles. The Morgan fingerprint density at radius 2 is 1.77 bits per heavy atom. The summed E-state index contributed by atoms with van der Waals surface area (Å²) in [6.07, 6.45) is 7.70. The lowest BCUT2D eigenvalue weighted by molar-refractivity contribution is 0.248. The fourth-order valence-electron chi connectivity index (χ4n) is 2.89. The maximum Gasteiger partial charge on any atom is 0.187 e. The summed E-state index contributed by atoms with van der Waals surface area (Å²) in [5, 5.41) is 1.44. The molecule has 1 unspecified atom stereocenters. The molecule has 0 aliphatic carbocycles. The summed E-state index contributed by atoms with van der Waals surface area (Å²) < 4.78 is 0. The lowest BCUT2D eigenvalue weighted by Crippen LogP contribution is -2.46. The molecule has 3 heterocycles. The summed E-state index contributed by atoms with van der Waals surface area (Å²) in [4.78, 5) is 22.6. The van der Waals surface area contributed by atoms with Crippen LogP contribution >= 0.6 is 11.8 Å². The average molecular weight is 373 g/mol. The third-order valence-corrected chi connectivity index (χ3v) is 5.89. The molecule has 0 bridgehead atoms. The van der Waals surface area contributed by atoms with Crippen molar-refractivity contribution >= 4 is 17.6 Å². The van der Waals surface area contributed by atoms with E-state index in [9.17, 15) is 0 Å². The first kappa shape index (κ1) is 19.0. The Balaban J connectivity index is 1.50. The second kappa shape index (κ2) is 9.28. The van der Waals surface area contributed by atoms with Crippen molar-refractivity contribution < 1.29 is 0 Å². The number of hydrogen-bond acceptors (Lipinski definition) is 7. The number of aryl methyl sites for hydroxylation is 1. The largest absolute Gasteiger partial charge is 0.354 e. The second-order valence-corrected chi connectivity index (χ2v) is 8.10. The minimum absolute atomic E-state index is 0.559. The minimum Gasteiger partial charge on any atom is -0.354 e. The van der Waals surface area contributed by atoms with Crippen LogP contribution in [0.4, 0.5) is 5.82 Å². The van der Waals surface area contributed by atoms with Crippen molar-refractivity contribution in [1.29, 1.82) is 0 Å². The number of hydrogen-bond donors (Lipinski definition) is 0. The van der Waals surface area contributed by atoms with Crippen molar-refractivity contribution in [2.45, 2.75) is 50.6 Å². The zero-order valence-electron chi connectivity index (χ0n) is 15.9. The van der Waals surface area contributed by atoms with Crippen LogP contribution in [0.5, 0.6) is 0 Å². The zero-order valence-corrected chi connectivity index (χ0v) is 16.7. The second-order valence-electron chi connectivity index (χ2n) is 6.69. The molecule has 2 aromatic heterocycles. The third kappa shape index (κ3) is 5.14. The van der Waals surface area contributed by atoms with Crippen LogP contribution in [0.3, 0.4) is 0 Å². The van der Waals surface area contributed by atoms with Gasteiger partial charge in [-0.3, -0.25) is 4.90 Å². The van der Waals surface area contributed by atoms with E-state index in [2.05, 4.69) is 56.6 Å². The number of aromatic nitrogens is 4. The monoisotopic (exact) mass is 372 g/mol. The first-order valence-corrected chi connectivity index (χ1v) is 10.3. The van der Waals surface area contributed by atoms with E-state index in [1.807, 2.05) is 12.4 Å². The molecule has 0 amide bonds. The number of rotatable bonds is 7. The van der Waals surface area contributed by atoms with Crippen LogP contribution < -0.4 is 4.90 Å².